The van der Waals surface area contributed by atoms with E-state index in [-0.39, 0.29) is 19.8 Å². The molecular weight excluding hydrogens is 324 g/mol. The molecule has 0 aliphatic heterocycles. The van der Waals surface area contributed by atoms with Crippen molar-refractivity contribution < 1.29 is 29.5 Å². The summed E-state index contributed by atoms with van der Waals surface area (Å²) in [5.74, 6) is 1.91. The highest BCUT2D eigenvalue weighted by Crippen LogP contribution is 2.36. The predicted molar refractivity (Wildman–Crippen MR) is 93.3 cm³/mol. The lowest BCUT2D eigenvalue weighted by Crippen LogP contribution is -2.21. The van der Waals surface area contributed by atoms with Gasteiger partial charge in [-0.2, -0.15) is 0 Å². The van der Waals surface area contributed by atoms with Crippen LogP contribution in [-0.2, 0) is 0 Å². The first-order chi connectivity index (χ1) is 12.1. The Labute approximate surface area is 147 Å². The average molecular weight is 348 g/mol. The maximum absolute atomic E-state index is 9.66. The van der Waals surface area contributed by atoms with Crippen LogP contribution in [0.2, 0.25) is 0 Å². The Morgan fingerprint density at radius 3 is 1.64 bits per heavy atom. The van der Waals surface area contributed by atoms with E-state index in [2.05, 4.69) is 0 Å². The fourth-order valence-electron chi connectivity index (χ4n) is 1.97. The number of benzene rings is 2. The normalized spacial score (nSPS) is 13.1. The minimum atomic E-state index is -0.959. The van der Waals surface area contributed by atoms with Gasteiger partial charge in [-0.25, -0.2) is 0 Å². The molecule has 136 valence electrons. The van der Waals surface area contributed by atoms with Crippen LogP contribution in [-0.4, -0.2) is 47.3 Å². The third kappa shape index (κ3) is 5.94. The summed E-state index contributed by atoms with van der Waals surface area (Å²) >= 11 is 0. The molecule has 0 fully saturated rings. The highest BCUT2D eigenvalue weighted by atomic mass is 16.5. The molecule has 0 radical (unpaired) electrons. The molecule has 0 amide bonds. The lowest BCUT2D eigenvalue weighted by molar-refractivity contribution is 0.0528. The Morgan fingerprint density at radius 1 is 0.760 bits per heavy atom. The number of hydrogen-bond donors (Lipinski definition) is 3. The number of aliphatic hydroxyl groups is 3. The molecule has 2 atom stereocenters. The van der Waals surface area contributed by atoms with E-state index in [1.54, 1.807) is 36.4 Å². The Bertz CT molecular complexity index is 590. The molecule has 0 aliphatic rings. The zero-order valence-corrected chi connectivity index (χ0v) is 14.2. The third-order valence-corrected chi connectivity index (χ3v) is 3.46. The molecule has 2 aromatic carbocycles. The fraction of sp³-hybridized carbons (Fsp3) is 0.368. The molecule has 3 N–H and O–H groups in total. The van der Waals surface area contributed by atoms with Gasteiger partial charge < -0.3 is 29.5 Å². The lowest BCUT2D eigenvalue weighted by Gasteiger charge is -2.17. The molecule has 25 heavy (non-hydrogen) atoms. The van der Waals surface area contributed by atoms with Gasteiger partial charge in [-0.05, 0) is 30.7 Å². The summed E-state index contributed by atoms with van der Waals surface area (Å²) in [4.78, 5) is 0. The van der Waals surface area contributed by atoms with Crippen molar-refractivity contribution in [3.63, 3.8) is 0 Å². The van der Waals surface area contributed by atoms with Gasteiger partial charge in [-0.15, -0.1) is 0 Å². The number of hydrogen-bond acceptors (Lipinski definition) is 6. The number of rotatable bonds is 10. The third-order valence-electron chi connectivity index (χ3n) is 3.46. The van der Waals surface area contributed by atoms with Crippen LogP contribution < -0.4 is 14.2 Å². The molecule has 0 bridgehead atoms. The summed E-state index contributed by atoms with van der Waals surface area (Å²) < 4.78 is 17.0. The van der Waals surface area contributed by atoms with Crippen molar-refractivity contribution in [2.24, 2.45) is 0 Å². The van der Waals surface area contributed by atoms with Crippen LogP contribution in [0.5, 0.6) is 23.0 Å². The molecule has 2 aromatic rings. The number of aliphatic hydroxyl groups excluding tert-OH is 3. The number of para-hydroxylation sites is 4. The second kappa shape index (κ2) is 9.88. The van der Waals surface area contributed by atoms with E-state index in [9.17, 15) is 10.2 Å². The van der Waals surface area contributed by atoms with Gasteiger partial charge in [0.2, 0.25) is 0 Å². The van der Waals surface area contributed by atoms with E-state index in [0.717, 1.165) is 0 Å². The van der Waals surface area contributed by atoms with Crippen LogP contribution in [0.1, 0.15) is 13.3 Å². The van der Waals surface area contributed by atoms with Gasteiger partial charge in [0.25, 0.3) is 0 Å². The molecule has 0 heterocycles. The molecule has 2 unspecified atom stereocenters. The minimum Gasteiger partial charge on any atom is -0.487 e. The van der Waals surface area contributed by atoms with E-state index in [0.29, 0.717) is 29.4 Å². The summed E-state index contributed by atoms with van der Waals surface area (Å²) in [5, 5.41) is 28.0. The monoisotopic (exact) mass is 348 g/mol. The molecule has 0 aliphatic carbocycles. The van der Waals surface area contributed by atoms with Gasteiger partial charge in [0.05, 0.1) is 12.7 Å². The Hall–Kier alpha value is -2.28. The van der Waals surface area contributed by atoms with E-state index >= 15 is 0 Å². The van der Waals surface area contributed by atoms with Crippen molar-refractivity contribution in [2.45, 2.75) is 25.6 Å². The Kier molecular flexibility index (Phi) is 7.53. The second-order valence-electron chi connectivity index (χ2n) is 5.52. The van der Waals surface area contributed by atoms with Crippen LogP contribution in [0, 0.1) is 0 Å². The van der Waals surface area contributed by atoms with Crippen LogP contribution in [0.25, 0.3) is 0 Å². The first-order valence-electron chi connectivity index (χ1n) is 8.22. The van der Waals surface area contributed by atoms with Gasteiger partial charge in [0.15, 0.2) is 23.0 Å². The highest BCUT2D eigenvalue weighted by Gasteiger charge is 2.12. The summed E-state index contributed by atoms with van der Waals surface area (Å²) in [6.45, 7) is 1.64. The zero-order valence-electron chi connectivity index (χ0n) is 14.2. The molecule has 2 rings (SSSR count). The molecular formula is C19H24O6. The van der Waals surface area contributed by atoms with Crippen molar-refractivity contribution in [3.05, 3.63) is 48.5 Å². The standard InChI is InChI=1S/C19H24O6/c1-2-14(21)12-23-16-7-3-5-9-18(16)25-19-10-6-4-8-17(19)24-13-15(22)11-20/h3-10,14-15,20-22H,2,11-13H2,1H3. The SMILES string of the molecule is CCC(O)COc1ccccc1Oc1ccccc1OCC(O)CO. The topological polar surface area (TPSA) is 88.4 Å². The molecule has 0 aromatic heterocycles. The minimum absolute atomic E-state index is 0.0439. The molecule has 0 saturated carbocycles. The molecule has 6 heteroatoms. The smallest absolute Gasteiger partial charge is 0.169 e. The quantitative estimate of drug-likeness (QED) is 0.611. The second-order valence-corrected chi connectivity index (χ2v) is 5.52. The highest BCUT2D eigenvalue weighted by molar-refractivity contribution is 5.47. The summed E-state index contributed by atoms with van der Waals surface area (Å²) in [7, 11) is 0. The Morgan fingerprint density at radius 2 is 1.20 bits per heavy atom. The first-order valence-corrected chi connectivity index (χ1v) is 8.22. The van der Waals surface area contributed by atoms with Crippen molar-refractivity contribution in [2.75, 3.05) is 19.8 Å². The van der Waals surface area contributed by atoms with Gasteiger partial charge in [0.1, 0.15) is 19.3 Å². The summed E-state index contributed by atoms with van der Waals surface area (Å²) in [6, 6.07) is 14.2. The van der Waals surface area contributed by atoms with Crippen LogP contribution in [0.15, 0.2) is 48.5 Å². The maximum Gasteiger partial charge on any atom is 0.169 e. The summed E-state index contributed by atoms with van der Waals surface area (Å²) in [5.41, 5.74) is 0. The average Bonchev–Trinajstić information content (AvgIpc) is 2.66. The first kappa shape index (κ1) is 19.1. The van der Waals surface area contributed by atoms with Gasteiger partial charge in [0, 0.05) is 0 Å². The summed E-state index contributed by atoms with van der Waals surface area (Å²) in [6.07, 6.45) is -0.893. The fourth-order valence-corrected chi connectivity index (χ4v) is 1.97. The van der Waals surface area contributed by atoms with Gasteiger partial charge in [-0.1, -0.05) is 31.2 Å². The van der Waals surface area contributed by atoms with Crippen molar-refractivity contribution in [1.29, 1.82) is 0 Å². The molecule has 0 saturated heterocycles. The largest absolute Gasteiger partial charge is 0.487 e. The Balaban J connectivity index is 2.11. The zero-order chi connectivity index (χ0) is 18.1. The van der Waals surface area contributed by atoms with Gasteiger partial charge in [-0.3, -0.25) is 0 Å². The van der Waals surface area contributed by atoms with Crippen molar-refractivity contribution in [3.8, 4) is 23.0 Å². The maximum atomic E-state index is 9.66. The van der Waals surface area contributed by atoms with E-state index in [4.69, 9.17) is 19.3 Å². The molecule has 0 spiro atoms. The van der Waals surface area contributed by atoms with Crippen LogP contribution in [0.3, 0.4) is 0 Å². The van der Waals surface area contributed by atoms with Gasteiger partial charge >= 0.3 is 0 Å². The molecule has 6 nitrogen and oxygen atoms in total. The van der Waals surface area contributed by atoms with Crippen LogP contribution in [0.4, 0.5) is 0 Å². The van der Waals surface area contributed by atoms with E-state index in [1.165, 1.54) is 0 Å². The van der Waals surface area contributed by atoms with E-state index in [1.807, 2.05) is 19.1 Å². The van der Waals surface area contributed by atoms with Crippen LogP contribution >= 0.6 is 0 Å². The van der Waals surface area contributed by atoms with Crippen molar-refractivity contribution in [1.82, 2.24) is 0 Å². The predicted octanol–water partition coefficient (Wildman–Crippen LogP) is 2.36. The number of ether oxygens (including phenoxy) is 3. The lowest BCUT2D eigenvalue weighted by atomic mass is 10.3. The van der Waals surface area contributed by atoms with Crippen molar-refractivity contribution >= 4 is 0 Å². The van der Waals surface area contributed by atoms with E-state index < -0.39 is 12.2 Å².